The summed E-state index contributed by atoms with van der Waals surface area (Å²) in [7, 11) is 0. The topological polar surface area (TPSA) is 27.7 Å². The van der Waals surface area contributed by atoms with Crippen molar-refractivity contribution in [3.05, 3.63) is 35.4 Å². The molecule has 2 heterocycles. The predicted octanol–water partition coefficient (Wildman–Crippen LogP) is 3.14. The fourth-order valence-corrected chi connectivity index (χ4v) is 2.75. The highest BCUT2D eigenvalue weighted by Crippen LogP contribution is 2.48. The first kappa shape index (κ1) is 11.2. The maximum atomic E-state index is 5.53. The monoisotopic (exact) mass is 234 g/mol. The Labute approximate surface area is 102 Å². The Morgan fingerprint density at radius 3 is 2.88 bits per heavy atom. The Balaban J connectivity index is 1.85. The number of aryl methyl sites for hydroxylation is 1. The molecule has 0 unspecified atom stereocenters. The molecule has 0 aromatic heterocycles. The first-order valence-corrected chi connectivity index (χ1v) is 6.18. The van der Waals surface area contributed by atoms with Crippen LogP contribution < -0.4 is 0 Å². The molecule has 0 N–H and O–H groups in total. The van der Waals surface area contributed by atoms with Gasteiger partial charge < -0.3 is 4.74 Å². The van der Waals surface area contributed by atoms with Crippen molar-refractivity contribution >= 4 is 0 Å². The van der Waals surface area contributed by atoms with E-state index in [1.807, 2.05) is 12.1 Å². The van der Waals surface area contributed by atoms with E-state index in [1.54, 1.807) is 0 Å². The molecule has 2 aliphatic rings. The van der Waals surface area contributed by atoms with Crippen LogP contribution in [0.25, 0.3) is 0 Å². The summed E-state index contributed by atoms with van der Waals surface area (Å²) in [6, 6.07) is 8.32. The molecule has 0 aliphatic carbocycles. The van der Waals surface area contributed by atoms with Gasteiger partial charge in [-0.1, -0.05) is 31.2 Å². The highest BCUT2D eigenvalue weighted by molar-refractivity contribution is 5.28. The molecule has 1 aromatic carbocycles. The molecule has 3 heteroatoms. The normalized spacial score (nSPS) is 36.8. The minimum absolute atomic E-state index is 0.0270. The molecular weight excluding hydrogens is 216 g/mol. The van der Waals surface area contributed by atoms with Crippen molar-refractivity contribution in [1.29, 1.82) is 0 Å². The van der Waals surface area contributed by atoms with Gasteiger partial charge in [0.1, 0.15) is 6.10 Å². The van der Waals surface area contributed by atoms with E-state index in [1.165, 1.54) is 11.1 Å². The zero-order valence-corrected chi connectivity index (χ0v) is 10.3. The summed E-state index contributed by atoms with van der Waals surface area (Å²) in [5, 5.41) is 0. The lowest BCUT2D eigenvalue weighted by Crippen LogP contribution is -2.37. The highest BCUT2D eigenvalue weighted by Gasteiger charge is 2.47. The van der Waals surface area contributed by atoms with E-state index in [-0.39, 0.29) is 17.8 Å². The molecule has 17 heavy (non-hydrogen) atoms. The number of fused-ring (bicyclic) bond motifs is 1. The Morgan fingerprint density at radius 1 is 1.24 bits per heavy atom. The van der Waals surface area contributed by atoms with Crippen LogP contribution in [0.3, 0.4) is 0 Å². The smallest absolute Gasteiger partial charge is 0.196 e. The van der Waals surface area contributed by atoms with E-state index < -0.39 is 0 Å². The van der Waals surface area contributed by atoms with Crippen LogP contribution in [0.15, 0.2) is 24.3 Å². The van der Waals surface area contributed by atoms with Crippen LogP contribution in [0.4, 0.5) is 0 Å². The molecular formula is C14H18O3. The number of benzene rings is 1. The van der Waals surface area contributed by atoms with Gasteiger partial charge in [-0.2, -0.15) is 0 Å². The van der Waals surface area contributed by atoms with Gasteiger partial charge in [-0.25, -0.2) is 9.78 Å². The third kappa shape index (κ3) is 1.88. The molecule has 3 atom stereocenters. The second kappa shape index (κ2) is 4.09. The Hall–Kier alpha value is -0.900. The Morgan fingerprint density at radius 2 is 2.06 bits per heavy atom. The lowest BCUT2D eigenvalue weighted by Gasteiger charge is -2.38. The number of rotatable bonds is 1. The van der Waals surface area contributed by atoms with Crippen molar-refractivity contribution in [2.45, 2.75) is 39.1 Å². The van der Waals surface area contributed by atoms with Crippen LogP contribution in [-0.4, -0.2) is 12.9 Å². The van der Waals surface area contributed by atoms with Gasteiger partial charge in [-0.05, 0) is 30.9 Å². The maximum absolute atomic E-state index is 5.53. The first-order valence-electron chi connectivity index (χ1n) is 6.18. The Kier molecular flexibility index (Phi) is 2.69. The van der Waals surface area contributed by atoms with E-state index in [0.29, 0.717) is 0 Å². The number of hydrogen-bond acceptors (Lipinski definition) is 3. The molecule has 0 spiro atoms. The fraction of sp³-hybridized carbons (Fsp3) is 0.571. The van der Waals surface area contributed by atoms with E-state index in [4.69, 9.17) is 14.5 Å². The molecule has 2 aliphatic heterocycles. The average Bonchev–Trinajstić information content (AvgIpc) is 2.70. The number of ether oxygens (including phenoxy) is 1. The average molecular weight is 234 g/mol. The van der Waals surface area contributed by atoms with Crippen molar-refractivity contribution in [1.82, 2.24) is 0 Å². The quantitative estimate of drug-likeness (QED) is 0.699. The van der Waals surface area contributed by atoms with E-state index in [2.05, 4.69) is 26.0 Å². The maximum Gasteiger partial charge on any atom is 0.196 e. The van der Waals surface area contributed by atoms with Crippen molar-refractivity contribution < 1.29 is 14.5 Å². The van der Waals surface area contributed by atoms with Gasteiger partial charge in [0, 0.05) is 5.41 Å². The molecule has 2 fully saturated rings. The second-order valence-electron chi connectivity index (χ2n) is 5.35. The summed E-state index contributed by atoms with van der Waals surface area (Å²) < 4.78 is 5.53. The van der Waals surface area contributed by atoms with Gasteiger partial charge in [0.05, 0.1) is 6.61 Å². The summed E-state index contributed by atoms with van der Waals surface area (Å²) in [6.07, 6.45) is 1.84. The van der Waals surface area contributed by atoms with E-state index in [9.17, 15) is 0 Å². The first-order chi connectivity index (χ1) is 8.19. The van der Waals surface area contributed by atoms with Gasteiger partial charge in [0.15, 0.2) is 6.29 Å². The van der Waals surface area contributed by atoms with Gasteiger partial charge in [0.2, 0.25) is 0 Å². The second-order valence-corrected chi connectivity index (χ2v) is 5.35. The molecule has 3 rings (SSSR count). The lowest BCUT2D eigenvalue weighted by atomic mass is 9.80. The SMILES string of the molecule is Cc1ccccc1[C@@H]1C[C@]2(C)CCO[C@@H]2OO1. The standard InChI is InChI=1S/C14H18O3/c1-10-5-3-4-6-11(10)12-9-14(2)7-8-15-13(14)17-16-12/h3-6,12-13H,7-9H2,1-2H3/t12-,13+,14-/m0/s1. The molecule has 3 nitrogen and oxygen atoms in total. The minimum Gasteiger partial charge on any atom is -0.349 e. The van der Waals surface area contributed by atoms with Gasteiger partial charge in [-0.3, -0.25) is 0 Å². The molecule has 1 aromatic rings. The summed E-state index contributed by atoms with van der Waals surface area (Å²) >= 11 is 0. The summed E-state index contributed by atoms with van der Waals surface area (Å²) in [6.45, 7) is 5.10. The number of hydrogen-bond donors (Lipinski definition) is 0. The van der Waals surface area contributed by atoms with Crippen LogP contribution in [0.1, 0.15) is 37.0 Å². The molecule has 2 saturated heterocycles. The summed E-state index contributed by atoms with van der Waals surface area (Å²) in [5.41, 5.74) is 2.56. The van der Waals surface area contributed by atoms with Crippen molar-refractivity contribution in [3.8, 4) is 0 Å². The largest absolute Gasteiger partial charge is 0.349 e. The van der Waals surface area contributed by atoms with E-state index in [0.717, 1.165) is 19.4 Å². The zero-order valence-electron chi connectivity index (χ0n) is 10.3. The summed E-state index contributed by atoms with van der Waals surface area (Å²) in [4.78, 5) is 10.9. The lowest BCUT2D eigenvalue weighted by molar-refractivity contribution is -0.439. The van der Waals surface area contributed by atoms with Crippen LogP contribution in [-0.2, 0) is 14.5 Å². The van der Waals surface area contributed by atoms with Crippen LogP contribution in [0, 0.1) is 12.3 Å². The fourth-order valence-electron chi connectivity index (χ4n) is 2.75. The van der Waals surface area contributed by atoms with Crippen molar-refractivity contribution in [2.24, 2.45) is 5.41 Å². The molecule has 0 saturated carbocycles. The van der Waals surface area contributed by atoms with Crippen molar-refractivity contribution in [3.63, 3.8) is 0 Å². The minimum atomic E-state index is -0.192. The van der Waals surface area contributed by atoms with Crippen LogP contribution in [0.5, 0.6) is 0 Å². The summed E-state index contributed by atoms with van der Waals surface area (Å²) in [5.74, 6) is 0. The van der Waals surface area contributed by atoms with Gasteiger partial charge >= 0.3 is 0 Å². The highest BCUT2D eigenvalue weighted by atomic mass is 17.2. The predicted molar refractivity (Wildman–Crippen MR) is 63.2 cm³/mol. The molecule has 0 radical (unpaired) electrons. The molecule has 0 bridgehead atoms. The zero-order chi connectivity index (χ0) is 11.9. The molecule has 0 amide bonds. The van der Waals surface area contributed by atoms with E-state index >= 15 is 0 Å². The van der Waals surface area contributed by atoms with Crippen LogP contribution >= 0.6 is 0 Å². The van der Waals surface area contributed by atoms with Crippen LogP contribution in [0.2, 0.25) is 0 Å². The van der Waals surface area contributed by atoms with Gasteiger partial charge in [-0.15, -0.1) is 0 Å². The molecule has 92 valence electrons. The third-order valence-corrected chi connectivity index (χ3v) is 3.96. The van der Waals surface area contributed by atoms with Gasteiger partial charge in [0.25, 0.3) is 0 Å². The van der Waals surface area contributed by atoms with Crippen molar-refractivity contribution in [2.75, 3.05) is 6.61 Å². The Bertz CT molecular complexity index is 418. The third-order valence-electron chi connectivity index (χ3n) is 3.96.